The lowest BCUT2D eigenvalue weighted by Crippen LogP contribution is -2.56. The second-order valence-corrected chi connectivity index (χ2v) is 11.7. The SMILES string of the molecule is CC[C@@]1(O)CC[C@H]2[C@@H]3CC[C@@H]4C[C@H](OP(=O)(O)O)CC[C@]4(C)[C@H]3CC[C@@]21C. The standard InChI is InChI=1S/C21H37O5P/c1-4-21(22)12-9-18-16-6-5-14-13-15(26-27(23,24)25)7-10-19(14,2)17(16)8-11-20(18,21)3/h14-18,22H,4-13H2,1-3H3,(H2,23,24,25)/t14-,15-,16-,17+,18+,19+,20+,21-/m1/s1. The lowest BCUT2D eigenvalue weighted by Gasteiger charge is -2.61. The van der Waals surface area contributed by atoms with E-state index in [1.165, 1.54) is 12.8 Å². The van der Waals surface area contributed by atoms with Crippen LogP contribution in [-0.2, 0) is 9.09 Å². The van der Waals surface area contributed by atoms with Crippen LogP contribution in [0.3, 0.4) is 0 Å². The minimum Gasteiger partial charge on any atom is -0.389 e. The Morgan fingerprint density at radius 3 is 2.37 bits per heavy atom. The van der Waals surface area contributed by atoms with Crippen molar-refractivity contribution in [1.29, 1.82) is 0 Å². The second kappa shape index (κ2) is 6.54. The van der Waals surface area contributed by atoms with Crippen LogP contribution in [0, 0.1) is 34.5 Å². The summed E-state index contributed by atoms with van der Waals surface area (Å²) in [6.45, 7) is 6.93. The zero-order valence-electron chi connectivity index (χ0n) is 17.1. The minimum absolute atomic E-state index is 0.0623. The Labute approximate surface area is 163 Å². The molecule has 4 rings (SSSR count). The summed E-state index contributed by atoms with van der Waals surface area (Å²) in [5.41, 5.74) is -0.173. The summed E-state index contributed by atoms with van der Waals surface area (Å²) in [5.74, 6) is 2.51. The molecular formula is C21H37O5P. The number of aliphatic hydroxyl groups is 1. The maximum Gasteiger partial charge on any atom is 0.469 e. The van der Waals surface area contributed by atoms with Crippen LogP contribution in [0.15, 0.2) is 0 Å². The second-order valence-electron chi connectivity index (χ2n) is 10.5. The van der Waals surface area contributed by atoms with E-state index < -0.39 is 13.4 Å². The summed E-state index contributed by atoms with van der Waals surface area (Å²) in [6.07, 6.45) is 9.86. The van der Waals surface area contributed by atoms with Gasteiger partial charge in [-0.1, -0.05) is 20.8 Å². The molecule has 0 amide bonds. The van der Waals surface area contributed by atoms with E-state index in [4.69, 9.17) is 4.52 Å². The van der Waals surface area contributed by atoms with Crippen molar-refractivity contribution in [3.05, 3.63) is 0 Å². The first kappa shape index (κ1) is 20.3. The highest BCUT2D eigenvalue weighted by Crippen LogP contribution is 2.69. The number of rotatable bonds is 3. The van der Waals surface area contributed by atoms with Crippen molar-refractivity contribution in [3.63, 3.8) is 0 Å². The smallest absolute Gasteiger partial charge is 0.389 e. The topological polar surface area (TPSA) is 87.0 Å². The van der Waals surface area contributed by atoms with Crippen molar-refractivity contribution in [2.75, 3.05) is 0 Å². The zero-order chi connectivity index (χ0) is 19.7. The highest BCUT2D eigenvalue weighted by atomic mass is 31.2. The van der Waals surface area contributed by atoms with Crippen molar-refractivity contribution >= 4 is 7.82 Å². The van der Waals surface area contributed by atoms with E-state index >= 15 is 0 Å². The molecule has 27 heavy (non-hydrogen) atoms. The Kier molecular flexibility index (Phi) is 4.93. The molecule has 156 valence electrons. The zero-order valence-corrected chi connectivity index (χ0v) is 18.0. The molecule has 0 saturated heterocycles. The average molecular weight is 400 g/mol. The molecule has 0 aromatic carbocycles. The molecule has 0 spiro atoms. The van der Waals surface area contributed by atoms with Gasteiger partial charge in [0, 0.05) is 0 Å². The van der Waals surface area contributed by atoms with Crippen LogP contribution in [0.5, 0.6) is 0 Å². The summed E-state index contributed by atoms with van der Waals surface area (Å²) < 4.78 is 16.3. The van der Waals surface area contributed by atoms with Gasteiger partial charge in [-0.2, -0.15) is 0 Å². The fraction of sp³-hybridized carbons (Fsp3) is 1.00. The summed E-state index contributed by atoms with van der Waals surface area (Å²) in [5, 5.41) is 11.3. The van der Waals surface area contributed by atoms with E-state index in [0.29, 0.717) is 23.7 Å². The third-order valence-corrected chi connectivity index (χ3v) is 10.4. The molecule has 6 heteroatoms. The molecule has 0 radical (unpaired) electrons. The molecule has 4 fully saturated rings. The molecule has 0 bridgehead atoms. The van der Waals surface area contributed by atoms with Crippen molar-refractivity contribution < 1.29 is 24.0 Å². The number of phosphoric ester groups is 1. The van der Waals surface area contributed by atoms with E-state index in [1.807, 2.05) is 0 Å². The lowest BCUT2D eigenvalue weighted by molar-refractivity contribution is -0.158. The quantitative estimate of drug-likeness (QED) is 0.601. The average Bonchev–Trinajstić information content (AvgIpc) is 2.86. The van der Waals surface area contributed by atoms with Crippen LogP contribution in [-0.4, -0.2) is 26.6 Å². The van der Waals surface area contributed by atoms with E-state index in [-0.39, 0.29) is 16.9 Å². The normalized spacial score (nSPS) is 52.7. The van der Waals surface area contributed by atoms with Crippen LogP contribution in [0.2, 0.25) is 0 Å². The van der Waals surface area contributed by atoms with Gasteiger partial charge in [-0.15, -0.1) is 0 Å². The minimum atomic E-state index is -4.40. The van der Waals surface area contributed by atoms with Crippen molar-refractivity contribution in [3.8, 4) is 0 Å². The molecule has 0 heterocycles. The van der Waals surface area contributed by atoms with E-state index in [2.05, 4.69) is 20.8 Å². The Balaban J connectivity index is 1.53. The van der Waals surface area contributed by atoms with Gasteiger partial charge in [-0.3, -0.25) is 4.52 Å². The lowest BCUT2D eigenvalue weighted by atomic mass is 9.44. The van der Waals surface area contributed by atoms with Crippen LogP contribution in [0.25, 0.3) is 0 Å². The maximum atomic E-state index is 11.3. The fourth-order valence-electron chi connectivity index (χ4n) is 8.20. The van der Waals surface area contributed by atoms with Gasteiger partial charge in [-0.25, -0.2) is 4.57 Å². The molecule has 3 N–H and O–H groups in total. The highest BCUT2D eigenvalue weighted by molar-refractivity contribution is 7.46. The number of hydrogen-bond acceptors (Lipinski definition) is 3. The molecular weight excluding hydrogens is 363 g/mol. The molecule has 4 saturated carbocycles. The summed E-state index contributed by atoms with van der Waals surface area (Å²) in [7, 11) is -4.40. The molecule has 4 aliphatic carbocycles. The molecule has 0 aromatic heterocycles. The largest absolute Gasteiger partial charge is 0.469 e. The van der Waals surface area contributed by atoms with Gasteiger partial charge in [0.05, 0.1) is 11.7 Å². The predicted molar refractivity (Wildman–Crippen MR) is 104 cm³/mol. The fourth-order valence-corrected chi connectivity index (χ4v) is 8.78. The predicted octanol–water partition coefficient (Wildman–Crippen LogP) is 4.65. The maximum absolute atomic E-state index is 11.3. The summed E-state index contributed by atoms with van der Waals surface area (Å²) in [4.78, 5) is 18.4. The Hall–Kier alpha value is 0.0700. The first-order valence-corrected chi connectivity index (χ1v) is 12.5. The van der Waals surface area contributed by atoms with Gasteiger partial charge >= 0.3 is 7.82 Å². The molecule has 0 aromatic rings. The molecule has 0 aliphatic heterocycles. The summed E-state index contributed by atoms with van der Waals surface area (Å²) >= 11 is 0. The van der Waals surface area contributed by atoms with Crippen LogP contribution in [0.4, 0.5) is 0 Å². The van der Waals surface area contributed by atoms with Gasteiger partial charge in [0.2, 0.25) is 0 Å². The number of fused-ring (bicyclic) bond motifs is 5. The van der Waals surface area contributed by atoms with E-state index in [9.17, 15) is 19.5 Å². The highest BCUT2D eigenvalue weighted by Gasteiger charge is 2.64. The van der Waals surface area contributed by atoms with Gasteiger partial charge in [0.25, 0.3) is 0 Å². The van der Waals surface area contributed by atoms with Crippen molar-refractivity contribution in [2.24, 2.45) is 34.5 Å². The van der Waals surface area contributed by atoms with Gasteiger partial charge in [-0.05, 0) is 98.7 Å². The Bertz CT molecular complexity index is 634. The monoisotopic (exact) mass is 400 g/mol. The van der Waals surface area contributed by atoms with E-state index in [0.717, 1.165) is 51.4 Å². The van der Waals surface area contributed by atoms with Gasteiger partial charge < -0.3 is 14.9 Å². The number of phosphoric acid groups is 1. The Morgan fingerprint density at radius 2 is 1.70 bits per heavy atom. The Morgan fingerprint density at radius 1 is 1.00 bits per heavy atom. The third kappa shape index (κ3) is 3.08. The van der Waals surface area contributed by atoms with Crippen molar-refractivity contribution in [2.45, 2.75) is 96.7 Å². The van der Waals surface area contributed by atoms with E-state index in [1.54, 1.807) is 0 Å². The molecule has 0 unspecified atom stereocenters. The third-order valence-electron chi connectivity index (χ3n) is 9.81. The molecule has 5 nitrogen and oxygen atoms in total. The number of hydrogen-bond donors (Lipinski definition) is 3. The van der Waals surface area contributed by atoms with Crippen LogP contribution < -0.4 is 0 Å². The first-order valence-electron chi connectivity index (χ1n) is 11.0. The van der Waals surface area contributed by atoms with Crippen LogP contribution >= 0.6 is 7.82 Å². The van der Waals surface area contributed by atoms with Gasteiger partial charge in [0.1, 0.15) is 0 Å². The molecule has 8 atom stereocenters. The van der Waals surface area contributed by atoms with Crippen molar-refractivity contribution in [1.82, 2.24) is 0 Å². The summed E-state index contributed by atoms with van der Waals surface area (Å²) in [6, 6.07) is 0. The first-order chi connectivity index (χ1) is 12.5. The molecule has 4 aliphatic rings. The van der Waals surface area contributed by atoms with Gasteiger partial charge in [0.15, 0.2) is 0 Å². The van der Waals surface area contributed by atoms with Crippen LogP contribution in [0.1, 0.15) is 85.0 Å².